The summed E-state index contributed by atoms with van der Waals surface area (Å²) in [5.41, 5.74) is 1.98. The van der Waals surface area contributed by atoms with Gasteiger partial charge >= 0.3 is 5.97 Å². The van der Waals surface area contributed by atoms with Crippen LogP contribution in [0, 0.1) is 6.92 Å². The fourth-order valence-corrected chi connectivity index (χ4v) is 3.33. The van der Waals surface area contributed by atoms with Crippen molar-refractivity contribution in [2.24, 2.45) is 0 Å². The molecule has 8 nitrogen and oxygen atoms in total. The molecular weight excluding hydrogens is 420 g/mol. The Kier molecular flexibility index (Phi) is 8.04. The first-order valence-electron chi connectivity index (χ1n) is 9.86. The lowest BCUT2D eigenvalue weighted by molar-refractivity contribution is -0.122. The molecule has 0 heterocycles. The third-order valence-electron chi connectivity index (χ3n) is 4.73. The van der Waals surface area contributed by atoms with E-state index in [4.69, 9.17) is 9.47 Å². The second-order valence-electron chi connectivity index (χ2n) is 6.93. The van der Waals surface area contributed by atoms with Gasteiger partial charge in [0.05, 0.1) is 24.1 Å². The van der Waals surface area contributed by atoms with Crippen LogP contribution in [-0.4, -0.2) is 46.3 Å². The molecule has 1 N–H and O–H groups in total. The fourth-order valence-electron chi connectivity index (χ4n) is 2.83. The number of hydrogen-bond acceptors (Lipinski definition) is 6. The summed E-state index contributed by atoms with van der Waals surface area (Å²) < 4.78 is 35.3. The summed E-state index contributed by atoms with van der Waals surface area (Å²) in [6, 6.07) is 11.5. The Morgan fingerprint density at radius 1 is 1.10 bits per heavy atom. The van der Waals surface area contributed by atoms with Gasteiger partial charge in [0, 0.05) is 12.7 Å². The van der Waals surface area contributed by atoms with Gasteiger partial charge < -0.3 is 14.8 Å². The molecule has 1 atom stereocenters. The van der Waals surface area contributed by atoms with Crippen molar-refractivity contribution in [1.29, 1.82) is 0 Å². The minimum Gasteiger partial charge on any atom is -0.481 e. The highest BCUT2D eigenvalue weighted by molar-refractivity contribution is 7.92. The highest BCUT2D eigenvalue weighted by Crippen LogP contribution is 2.23. The number of hydrogen-bond donors (Lipinski definition) is 1. The fraction of sp³-hybridized carbons (Fsp3) is 0.364. The number of sulfonamides is 1. The van der Waals surface area contributed by atoms with Crippen LogP contribution in [0.5, 0.6) is 5.75 Å². The van der Waals surface area contributed by atoms with Crippen LogP contribution >= 0.6 is 0 Å². The quantitative estimate of drug-likeness (QED) is 0.590. The van der Waals surface area contributed by atoms with Gasteiger partial charge in [0.2, 0.25) is 10.0 Å². The third-order valence-corrected chi connectivity index (χ3v) is 5.93. The minimum absolute atomic E-state index is 0.263. The number of benzene rings is 2. The lowest BCUT2D eigenvalue weighted by Gasteiger charge is -2.20. The molecule has 0 saturated heterocycles. The maximum absolute atomic E-state index is 12.8. The Hall–Kier alpha value is -3.07. The Morgan fingerprint density at radius 3 is 2.29 bits per heavy atom. The number of carbonyl (C=O) groups excluding carboxylic acids is 2. The van der Waals surface area contributed by atoms with Gasteiger partial charge in [-0.15, -0.1) is 0 Å². The van der Waals surface area contributed by atoms with Crippen molar-refractivity contribution < 1.29 is 27.5 Å². The van der Waals surface area contributed by atoms with Crippen LogP contribution in [0.2, 0.25) is 0 Å². The molecule has 1 amide bonds. The normalized spacial score (nSPS) is 12.0. The first-order chi connectivity index (χ1) is 14.6. The van der Waals surface area contributed by atoms with E-state index in [-0.39, 0.29) is 12.5 Å². The van der Waals surface area contributed by atoms with Crippen molar-refractivity contribution >= 4 is 33.3 Å². The van der Waals surface area contributed by atoms with Crippen LogP contribution in [0.25, 0.3) is 0 Å². The molecule has 0 bridgehead atoms. The van der Waals surface area contributed by atoms with E-state index in [2.05, 4.69) is 5.32 Å². The zero-order valence-corrected chi connectivity index (χ0v) is 19.2. The Morgan fingerprint density at radius 2 is 1.74 bits per heavy atom. The zero-order chi connectivity index (χ0) is 23.2. The average Bonchev–Trinajstić information content (AvgIpc) is 2.72. The number of amides is 1. The van der Waals surface area contributed by atoms with Crippen LogP contribution in [0.3, 0.4) is 0 Å². The van der Waals surface area contributed by atoms with Gasteiger partial charge in [-0.1, -0.05) is 13.0 Å². The summed E-state index contributed by atoms with van der Waals surface area (Å²) in [7, 11) is -1.91. The van der Waals surface area contributed by atoms with E-state index in [1.54, 1.807) is 56.3 Å². The minimum atomic E-state index is -3.37. The Balaban J connectivity index is 2.13. The second-order valence-corrected chi connectivity index (χ2v) is 8.94. The molecule has 0 aliphatic carbocycles. The molecule has 31 heavy (non-hydrogen) atoms. The van der Waals surface area contributed by atoms with Crippen LogP contribution in [0.15, 0.2) is 42.5 Å². The number of ether oxygens (including phenoxy) is 2. The van der Waals surface area contributed by atoms with E-state index >= 15 is 0 Å². The van der Waals surface area contributed by atoms with Gasteiger partial charge in [-0.05, 0) is 62.2 Å². The monoisotopic (exact) mass is 448 g/mol. The molecule has 2 aromatic carbocycles. The first kappa shape index (κ1) is 24.2. The molecule has 0 aliphatic heterocycles. The topological polar surface area (TPSA) is 102 Å². The summed E-state index contributed by atoms with van der Waals surface area (Å²) in [5, 5.41) is 2.81. The lowest BCUT2D eigenvalue weighted by Crippen LogP contribution is -2.32. The van der Waals surface area contributed by atoms with Gasteiger partial charge in [-0.3, -0.25) is 9.10 Å². The van der Waals surface area contributed by atoms with Crippen molar-refractivity contribution in [3.05, 3.63) is 53.6 Å². The van der Waals surface area contributed by atoms with Crippen molar-refractivity contribution in [3.63, 3.8) is 0 Å². The summed E-state index contributed by atoms with van der Waals surface area (Å²) in [6.45, 7) is 5.55. The summed E-state index contributed by atoms with van der Waals surface area (Å²) >= 11 is 0. The van der Waals surface area contributed by atoms with Crippen LogP contribution in [0.4, 0.5) is 11.4 Å². The summed E-state index contributed by atoms with van der Waals surface area (Å²) in [5.74, 6) is -0.368. The molecule has 168 valence electrons. The van der Waals surface area contributed by atoms with Gasteiger partial charge in [0.1, 0.15) is 5.75 Å². The second kappa shape index (κ2) is 10.3. The number of carbonyl (C=O) groups is 2. The van der Waals surface area contributed by atoms with Crippen molar-refractivity contribution in [3.8, 4) is 5.75 Å². The lowest BCUT2D eigenvalue weighted by atomic mass is 10.1. The van der Waals surface area contributed by atoms with Crippen LogP contribution in [-0.2, 0) is 19.6 Å². The van der Waals surface area contributed by atoms with Crippen molar-refractivity contribution in [2.45, 2.75) is 33.3 Å². The largest absolute Gasteiger partial charge is 0.481 e. The molecule has 9 heteroatoms. The molecule has 0 fully saturated rings. The SMILES string of the molecule is CCOC(=O)c1cccc(NC(=O)[C@@H](CC)Oc2ccc(N(C)S(C)(=O)=O)cc2)c1C. The van der Waals surface area contributed by atoms with E-state index in [1.807, 2.05) is 6.92 Å². The molecule has 0 aromatic heterocycles. The number of nitrogens with one attached hydrogen (secondary N) is 1. The number of anilines is 2. The smallest absolute Gasteiger partial charge is 0.338 e. The van der Waals surface area contributed by atoms with E-state index in [0.29, 0.717) is 34.7 Å². The van der Waals surface area contributed by atoms with Gasteiger partial charge in [-0.25, -0.2) is 13.2 Å². The molecular formula is C22H28N2O6S. The highest BCUT2D eigenvalue weighted by Gasteiger charge is 2.21. The molecule has 0 aliphatic rings. The molecule has 0 unspecified atom stereocenters. The predicted molar refractivity (Wildman–Crippen MR) is 120 cm³/mol. The molecule has 0 saturated carbocycles. The Bertz CT molecular complexity index is 1030. The van der Waals surface area contributed by atoms with Crippen LogP contribution < -0.4 is 14.4 Å². The van der Waals surface area contributed by atoms with E-state index in [0.717, 1.165) is 10.6 Å². The molecule has 0 spiro atoms. The standard InChI is InChI=1S/C22H28N2O6S/c1-6-20(30-17-13-11-16(12-14-17)24(4)31(5,27)28)21(25)23-19-10-8-9-18(15(19)3)22(26)29-7-2/h8-14,20H,6-7H2,1-5H3,(H,23,25)/t20-/m1/s1. The maximum atomic E-state index is 12.8. The van der Waals surface area contributed by atoms with Gasteiger partial charge in [0.25, 0.3) is 5.91 Å². The molecule has 2 aromatic rings. The first-order valence-corrected chi connectivity index (χ1v) is 11.7. The third kappa shape index (κ3) is 6.21. The summed E-state index contributed by atoms with van der Waals surface area (Å²) in [6.07, 6.45) is 0.755. The van der Waals surface area contributed by atoms with Gasteiger partial charge in [0.15, 0.2) is 6.10 Å². The van der Waals surface area contributed by atoms with Gasteiger partial charge in [-0.2, -0.15) is 0 Å². The number of rotatable bonds is 9. The maximum Gasteiger partial charge on any atom is 0.338 e. The number of esters is 1. The van der Waals surface area contributed by atoms with Crippen molar-refractivity contribution in [1.82, 2.24) is 0 Å². The highest BCUT2D eigenvalue weighted by atomic mass is 32.2. The van der Waals surface area contributed by atoms with E-state index in [1.165, 1.54) is 7.05 Å². The number of nitrogens with zero attached hydrogens (tertiary/aromatic N) is 1. The van der Waals surface area contributed by atoms with E-state index < -0.39 is 22.1 Å². The van der Waals surface area contributed by atoms with Crippen LogP contribution in [0.1, 0.15) is 36.2 Å². The zero-order valence-electron chi connectivity index (χ0n) is 18.3. The van der Waals surface area contributed by atoms with Crippen molar-refractivity contribution in [2.75, 3.05) is 29.5 Å². The van der Waals surface area contributed by atoms with E-state index in [9.17, 15) is 18.0 Å². The summed E-state index contributed by atoms with van der Waals surface area (Å²) in [4.78, 5) is 24.8. The molecule has 0 radical (unpaired) electrons. The predicted octanol–water partition coefficient (Wildman–Crippen LogP) is 3.36. The average molecular weight is 449 g/mol. The molecule has 2 rings (SSSR count). The Labute approximate surface area is 183 Å².